The molecule has 11 heteroatoms. The number of aromatic nitrogens is 4. The maximum atomic E-state index is 12.9. The molecule has 27 heavy (non-hydrogen) atoms. The van der Waals surface area contributed by atoms with Gasteiger partial charge in [-0.1, -0.05) is 0 Å². The molecule has 138 valence electrons. The third kappa shape index (κ3) is 5.18. The lowest BCUT2D eigenvalue weighted by Crippen LogP contribution is -2.24. The monoisotopic (exact) mass is 592 g/mol. The zero-order chi connectivity index (χ0) is 19.4. The van der Waals surface area contributed by atoms with Crippen LogP contribution in [0.5, 0.6) is 5.75 Å². The highest BCUT2D eigenvalue weighted by Gasteiger charge is 2.09. The van der Waals surface area contributed by atoms with Gasteiger partial charge in [0.25, 0.3) is 5.91 Å². The number of halogens is 3. The molecule has 1 aromatic heterocycles. The van der Waals surface area contributed by atoms with Crippen LogP contribution in [0.4, 0.5) is 4.39 Å². The summed E-state index contributed by atoms with van der Waals surface area (Å²) in [5.74, 6) is -0.452. The van der Waals surface area contributed by atoms with Crippen molar-refractivity contribution in [3.05, 3.63) is 54.9 Å². The van der Waals surface area contributed by atoms with E-state index in [1.165, 1.54) is 30.5 Å². The van der Waals surface area contributed by atoms with Crippen molar-refractivity contribution in [1.82, 2.24) is 25.6 Å². The van der Waals surface area contributed by atoms with E-state index in [1.54, 1.807) is 6.07 Å². The van der Waals surface area contributed by atoms with E-state index in [-0.39, 0.29) is 23.9 Å². The van der Waals surface area contributed by atoms with E-state index in [2.05, 4.69) is 48.5 Å². The maximum Gasteiger partial charge on any atom is 0.263 e. The van der Waals surface area contributed by atoms with Crippen molar-refractivity contribution in [3.8, 4) is 17.1 Å². The highest BCUT2D eigenvalue weighted by molar-refractivity contribution is 14.1. The number of nitrogens with zero attached hydrogens (tertiary/aromatic N) is 5. The van der Waals surface area contributed by atoms with Crippen LogP contribution >= 0.6 is 45.2 Å². The fraction of sp³-hybridized carbons (Fsp3) is 0.0625. The lowest BCUT2D eigenvalue weighted by atomic mass is 10.2. The largest absolute Gasteiger partial charge is 0.506 e. The smallest absolute Gasteiger partial charge is 0.263 e. The summed E-state index contributed by atoms with van der Waals surface area (Å²) in [6.45, 7) is -0.193. The number of carbonyl (C=O) groups is 1. The van der Waals surface area contributed by atoms with Crippen molar-refractivity contribution >= 4 is 57.3 Å². The first-order chi connectivity index (χ1) is 12.9. The van der Waals surface area contributed by atoms with E-state index in [4.69, 9.17) is 0 Å². The average molecular weight is 592 g/mol. The van der Waals surface area contributed by atoms with Gasteiger partial charge < -0.3 is 5.11 Å². The molecule has 2 N–H and O–H groups in total. The molecule has 0 saturated carbocycles. The van der Waals surface area contributed by atoms with Crippen molar-refractivity contribution in [2.75, 3.05) is 0 Å². The molecule has 0 fully saturated rings. The van der Waals surface area contributed by atoms with Gasteiger partial charge in [-0.05, 0) is 86.8 Å². The van der Waals surface area contributed by atoms with Crippen LogP contribution in [0.2, 0.25) is 0 Å². The highest BCUT2D eigenvalue weighted by Crippen LogP contribution is 2.25. The second-order valence-electron chi connectivity index (χ2n) is 5.27. The minimum absolute atomic E-state index is 0.0934. The Morgan fingerprint density at radius 3 is 2.78 bits per heavy atom. The summed E-state index contributed by atoms with van der Waals surface area (Å²) in [5.41, 5.74) is 3.42. The summed E-state index contributed by atoms with van der Waals surface area (Å²) in [4.78, 5) is 13.0. The van der Waals surface area contributed by atoms with Gasteiger partial charge in [0.2, 0.25) is 5.82 Å². The van der Waals surface area contributed by atoms with E-state index in [9.17, 15) is 14.3 Å². The Kier molecular flexibility index (Phi) is 6.30. The number of tetrazole rings is 1. The quantitative estimate of drug-likeness (QED) is 0.270. The van der Waals surface area contributed by atoms with Crippen LogP contribution in [0.3, 0.4) is 0 Å². The van der Waals surface area contributed by atoms with Gasteiger partial charge in [-0.3, -0.25) is 4.79 Å². The number of amides is 1. The van der Waals surface area contributed by atoms with E-state index in [1.807, 2.05) is 28.7 Å². The predicted molar refractivity (Wildman–Crippen MR) is 112 cm³/mol. The SMILES string of the molecule is O=C(Cn1nnc(-c2ccc(F)cc2)n1)N/N=C\c1cc(I)cc(I)c1O. The average Bonchev–Trinajstić information content (AvgIpc) is 3.08. The summed E-state index contributed by atoms with van der Waals surface area (Å²) >= 11 is 4.14. The second kappa shape index (κ2) is 8.69. The zero-order valence-electron chi connectivity index (χ0n) is 13.5. The molecule has 0 aliphatic heterocycles. The predicted octanol–water partition coefficient (Wildman–Crippen LogP) is 2.54. The molecule has 0 spiro atoms. The summed E-state index contributed by atoms with van der Waals surface area (Å²) < 4.78 is 14.6. The highest BCUT2D eigenvalue weighted by atomic mass is 127. The topological polar surface area (TPSA) is 105 Å². The molecule has 0 aliphatic rings. The van der Waals surface area contributed by atoms with E-state index < -0.39 is 5.91 Å². The van der Waals surface area contributed by atoms with Crippen LogP contribution < -0.4 is 5.43 Å². The van der Waals surface area contributed by atoms with E-state index in [0.717, 1.165) is 8.37 Å². The van der Waals surface area contributed by atoms with Crippen LogP contribution in [0.15, 0.2) is 41.5 Å². The molecule has 1 heterocycles. The molecule has 2 aromatic carbocycles. The number of phenolic OH excluding ortho intramolecular Hbond substituents is 1. The van der Waals surface area contributed by atoms with Gasteiger partial charge in [-0.15, -0.1) is 10.2 Å². The number of rotatable bonds is 5. The summed E-state index contributed by atoms with van der Waals surface area (Å²) in [7, 11) is 0. The van der Waals surface area contributed by atoms with Crippen molar-refractivity contribution in [1.29, 1.82) is 0 Å². The number of nitrogens with one attached hydrogen (secondary N) is 1. The molecule has 0 saturated heterocycles. The zero-order valence-corrected chi connectivity index (χ0v) is 17.8. The van der Waals surface area contributed by atoms with Crippen molar-refractivity contribution in [2.45, 2.75) is 6.54 Å². The fourth-order valence-corrected chi connectivity index (χ4v) is 3.94. The minimum atomic E-state index is -0.464. The van der Waals surface area contributed by atoms with Gasteiger partial charge >= 0.3 is 0 Å². The Balaban J connectivity index is 1.61. The second-order valence-corrected chi connectivity index (χ2v) is 7.68. The van der Waals surface area contributed by atoms with Crippen LogP contribution in [0.25, 0.3) is 11.4 Å². The number of carbonyl (C=O) groups excluding carboxylic acids is 1. The normalized spacial score (nSPS) is 11.1. The number of hydrogen-bond acceptors (Lipinski definition) is 6. The molecule has 0 aliphatic carbocycles. The molecule has 0 unspecified atom stereocenters. The lowest BCUT2D eigenvalue weighted by molar-refractivity contribution is -0.122. The molecule has 0 atom stereocenters. The first-order valence-electron chi connectivity index (χ1n) is 7.46. The van der Waals surface area contributed by atoms with Crippen LogP contribution in [0.1, 0.15) is 5.56 Å². The molecule has 3 rings (SSSR count). The number of benzene rings is 2. The molecule has 8 nitrogen and oxygen atoms in total. The Hall–Kier alpha value is -2.16. The number of phenols is 1. The minimum Gasteiger partial charge on any atom is -0.506 e. The summed E-state index contributed by atoms with van der Waals surface area (Å²) in [5, 5.41) is 25.5. The Bertz CT molecular complexity index is 1010. The fourth-order valence-electron chi connectivity index (χ4n) is 2.05. The number of hydrazone groups is 1. The van der Waals surface area contributed by atoms with E-state index >= 15 is 0 Å². The van der Waals surface area contributed by atoms with Crippen LogP contribution in [0, 0.1) is 13.0 Å². The van der Waals surface area contributed by atoms with Crippen LogP contribution in [-0.2, 0) is 11.3 Å². The summed E-state index contributed by atoms with van der Waals surface area (Å²) in [6.07, 6.45) is 1.36. The first kappa shape index (κ1) is 19.6. The van der Waals surface area contributed by atoms with E-state index in [0.29, 0.717) is 14.7 Å². The third-order valence-corrected chi connectivity index (χ3v) is 4.74. The van der Waals surface area contributed by atoms with Gasteiger partial charge in [0.15, 0.2) is 0 Å². The van der Waals surface area contributed by atoms with Gasteiger partial charge in [-0.25, -0.2) is 9.82 Å². The lowest BCUT2D eigenvalue weighted by Gasteiger charge is -2.03. The van der Waals surface area contributed by atoms with Crippen molar-refractivity contribution in [3.63, 3.8) is 0 Å². The number of aromatic hydroxyl groups is 1. The maximum absolute atomic E-state index is 12.9. The van der Waals surface area contributed by atoms with Gasteiger partial charge in [0.05, 0.1) is 9.78 Å². The Labute approximate surface area is 180 Å². The van der Waals surface area contributed by atoms with Crippen molar-refractivity contribution < 1.29 is 14.3 Å². The standard InChI is InChI=1S/C16H11FI2N6O2/c17-11-3-1-9(2-4-11)16-22-24-25(23-16)8-14(26)21-20-7-10-5-12(18)6-13(19)15(10)27/h1-7,27H,8H2,(H,21,26)/b20-7-. The number of hydrogen-bond donors (Lipinski definition) is 2. The summed E-state index contributed by atoms with van der Waals surface area (Å²) in [6, 6.07) is 9.19. The first-order valence-corrected chi connectivity index (χ1v) is 9.62. The van der Waals surface area contributed by atoms with Gasteiger partial charge in [0.1, 0.15) is 18.1 Å². The van der Waals surface area contributed by atoms with Crippen molar-refractivity contribution in [2.24, 2.45) is 5.10 Å². The Morgan fingerprint density at radius 1 is 1.30 bits per heavy atom. The molecule has 3 aromatic rings. The molecule has 0 bridgehead atoms. The molecule has 0 radical (unpaired) electrons. The molecule has 1 amide bonds. The Morgan fingerprint density at radius 2 is 2.04 bits per heavy atom. The third-order valence-electron chi connectivity index (χ3n) is 3.29. The molecular formula is C16H11FI2N6O2. The van der Waals surface area contributed by atoms with Gasteiger partial charge in [0, 0.05) is 14.7 Å². The van der Waals surface area contributed by atoms with Crippen LogP contribution in [-0.4, -0.2) is 37.4 Å². The van der Waals surface area contributed by atoms with Gasteiger partial charge in [-0.2, -0.15) is 9.90 Å². The molecular weight excluding hydrogens is 581 g/mol.